The fraction of sp³-hybridized carbons (Fsp3) is 0.588. The highest BCUT2D eigenvalue weighted by atomic mass is 32.2. The topological polar surface area (TPSA) is 24.4 Å². The summed E-state index contributed by atoms with van der Waals surface area (Å²) in [5, 5.41) is 5.33. The Morgan fingerprint density at radius 1 is 1.30 bits per heavy atom. The van der Waals surface area contributed by atoms with Crippen molar-refractivity contribution in [3.05, 3.63) is 29.3 Å². The molecule has 2 rings (SSSR count). The Bertz CT molecular complexity index is 478. The smallest absolute Gasteiger partial charge is 0.161 e. The van der Waals surface area contributed by atoms with Gasteiger partial charge in [0.25, 0.3) is 0 Å². The molecule has 0 amide bonds. The third kappa shape index (κ3) is 3.38. The maximum absolute atomic E-state index is 4.71. The van der Waals surface area contributed by atoms with Gasteiger partial charge in [0.15, 0.2) is 5.17 Å². The van der Waals surface area contributed by atoms with Gasteiger partial charge in [-0.05, 0) is 30.4 Å². The number of amidine groups is 1. The summed E-state index contributed by atoms with van der Waals surface area (Å²) >= 11 is 1.93. The molecule has 0 saturated carbocycles. The van der Waals surface area contributed by atoms with E-state index in [0.29, 0.717) is 5.25 Å². The quantitative estimate of drug-likeness (QED) is 0.836. The van der Waals surface area contributed by atoms with Crippen molar-refractivity contribution in [3.8, 4) is 0 Å². The van der Waals surface area contributed by atoms with Crippen LogP contribution in [0.25, 0.3) is 0 Å². The molecule has 0 fully saturated rings. The Morgan fingerprint density at radius 3 is 2.70 bits per heavy atom. The molecule has 0 aromatic heterocycles. The molecule has 0 spiro atoms. The number of nitrogens with one attached hydrogen (secondary N) is 1. The van der Waals surface area contributed by atoms with Crippen molar-refractivity contribution >= 4 is 22.6 Å². The number of aliphatic imine (C=N–C) groups is 1. The first kappa shape index (κ1) is 15.4. The molecule has 1 aromatic rings. The molecule has 0 aliphatic carbocycles. The van der Waals surface area contributed by atoms with Crippen LogP contribution in [0.5, 0.6) is 0 Å². The van der Waals surface area contributed by atoms with Gasteiger partial charge in [-0.2, -0.15) is 0 Å². The number of benzene rings is 1. The fourth-order valence-electron chi connectivity index (χ4n) is 2.83. The molecule has 1 unspecified atom stereocenters. The van der Waals surface area contributed by atoms with Crippen LogP contribution in [0.1, 0.15) is 44.7 Å². The predicted octanol–water partition coefficient (Wildman–Crippen LogP) is 4.88. The molecule has 2 nitrogen and oxygen atoms in total. The van der Waals surface area contributed by atoms with Crippen molar-refractivity contribution in [3.63, 3.8) is 0 Å². The van der Waals surface area contributed by atoms with Gasteiger partial charge in [-0.1, -0.05) is 63.6 Å². The first-order chi connectivity index (χ1) is 9.69. The summed E-state index contributed by atoms with van der Waals surface area (Å²) in [7, 11) is 0. The van der Waals surface area contributed by atoms with Crippen LogP contribution < -0.4 is 5.32 Å². The lowest BCUT2D eigenvalue weighted by atomic mass is 9.99. The van der Waals surface area contributed by atoms with Crippen LogP contribution in [0.15, 0.2) is 23.2 Å². The third-order valence-corrected chi connectivity index (χ3v) is 5.52. The molecule has 1 N–H and O–H groups in total. The molecule has 20 heavy (non-hydrogen) atoms. The van der Waals surface area contributed by atoms with Gasteiger partial charge in [-0.15, -0.1) is 0 Å². The van der Waals surface area contributed by atoms with E-state index >= 15 is 0 Å². The summed E-state index contributed by atoms with van der Waals surface area (Å²) in [4.78, 5) is 4.71. The fourth-order valence-corrected chi connectivity index (χ4v) is 4.15. The number of hydrogen-bond acceptors (Lipinski definition) is 3. The monoisotopic (exact) mass is 290 g/mol. The van der Waals surface area contributed by atoms with Crippen LogP contribution in [0, 0.1) is 12.8 Å². The van der Waals surface area contributed by atoms with E-state index in [0.717, 1.165) is 24.1 Å². The largest absolute Gasteiger partial charge is 0.335 e. The molecular formula is C17H26N2S. The number of hydrogen-bond donors (Lipinski definition) is 1. The van der Waals surface area contributed by atoms with Crippen LogP contribution in [0.2, 0.25) is 0 Å². The number of aryl methyl sites for hydroxylation is 2. The molecule has 110 valence electrons. The van der Waals surface area contributed by atoms with Crippen molar-refractivity contribution in [2.45, 2.75) is 52.2 Å². The van der Waals surface area contributed by atoms with Gasteiger partial charge >= 0.3 is 0 Å². The highest BCUT2D eigenvalue weighted by Gasteiger charge is 2.26. The predicted molar refractivity (Wildman–Crippen MR) is 91.9 cm³/mol. The first-order valence-electron chi connectivity index (χ1n) is 7.76. The average Bonchev–Trinajstić information content (AvgIpc) is 2.91. The molecule has 0 radical (unpaired) electrons. The van der Waals surface area contributed by atoms with E-state index in [2.05, 4.69) is 51.2 Å². The summed E-state index contributed by atoms with van der Waals surface area (Å²) in [6.45, 7) is 9.91. The Kier molecular flexibility index (Phi) is 5.53. The van der Waals surface area contributed by atoms with Gasteiger partial charge in [-0.25, -0.2) is 0 Å². The van der Waals surface area contributed by atoms with Crippen molar-refractivity contribution in [1.82, 2.24) is 0 Å². The van der Waals surface area contributed by atoms with Gasteiger partial charge < -0.3 is 5.32 Å². The summed E-state index contributed by atoms with van der Waals surface area (Å²) in [5.41, 5.74) is 3.93. The van der Waals surface area contributed by atoms with E-state index in [9.17, 15) is 0 Å². The number of nitrogens with zero attached hydrogens (tertiary/aromatic N) is 1. The molecule has 1 aromatic carbocycles. The van der Waals surface area contributed by atoms with Crippen LogP contribution >= 0.6 is 11.8 Å². The highest BCUT2D eigenvalue weighted by Crippen LogP contribution is 2.32. The number of rotatable bonds is 5. The summed E-state index contributed by atoms with van der Waals surface area (Å²) < 4.78 is 0. The number of thioether (sulfide) groups is 1. The minimum Gasteiger partial charge on any atom is -0.335 e. The Hall–Kier alpha value is -0.960. The second-order valence-corrected chi connectivity index (χ2v) is 6.69. The zero-order chi connectivity index (χ0) is 14.5. The lowest BCUT2D eigenvalue weighted by molar-refractivity contribution is 0.479. The van der Waals surface area contributed by atoms with Crippen LogP contribution in [-0.2, 0) is 6.42 Å². The molecule has 1 aliphatic rings. The van der Waals surface area contributed by atoms with E-state index in [4.69, 9.17) is 4.99 Å². The normalized spacial score (nSPS) is 18.4. The average molecular weight is 290 g/mol. The second kappa shape index (κ2) is 7.16. The van der Waals surface area contributed by atoms with Gasteiger partial charge in [0.1, 0.15) is 0 Å². The molecule has 1 heterocycles. The first-order valence-corrected chi connectivity index (χ1v) is 8.64. The minimum atomic E-state index is 0.654. The molecular weight excluding hydrogens is 264 g/mol. The second-order valence-electron chi connectivity index (χ2n) is 5.47. The number of anilines is 1. The molecule has 3 heteroatoms. The van der Waals surface area contributed by atoms with Gasteiger partial charge in [-0.3, -0.25) is 4.99 Å². The van der Waals surface area contributed by atoms with E-state index in [1.807, 2.05) is 11.8 Å². The summed E-state index contributed by atoms with van der Waals surface area (Å²) in [6.07, 6.45) is 3.56. The molecule has 0 bridgehead atoms. The Labute approximate surface area is 127 Å². The van der Waals surface area contributed by atoms with Gasteiger partial charge in [0.2, 0.25) is 0 Å². The minimum absolute atomic E-state index is 0.654. The zero-order valence-electron chi connectivity index (χ0n) is 13.1. The van der Waals surface area contributed by atoms with E-state index in [1.165, 1.54) is 29.7 Å². The number of para-hydroxylation sites is 1. The lowest BCUT2D eigenvalue weighted by Crippen LogP contribution is -2.17. The van der Waals surface area contributed by atoms with Crippen molar-refractivity contribution in [2.75, 3.05) is 11.9 Å². The molecule has 0 saturated heterocycles. The maximum Gasteiger partial charge on any atom is 0.161 e. The highest BCUT2D eigenvalue weighted by molar-refractivity contribution is 8.15. The summed E-state index contributed by atoms with van der Waals surface area (Å²) in [5.74, 6) is 0.783. The van der Waals surface area contributed by atoms with Crippen molar-refractivity contribution in [1.29, 1.82) is 0 Å². The van der Waals surface area contributed by atoms with Crippen molar-refractivity contribution in [2.24, 2.45) is 10.9 Å². The zero-order valence-corrected chi connectivity index (χ0v) is 13.9. The van der Waals surface area contributed by atoms with Crippen LogP contribution in [-0.4, -0.2) is 17.0 Å². The van der Waals surface area contributed by atoms with E-state index in [-0.39, 0.29) is 0 Å². The molecule has 1 atom stereocenters. The van der Waals surface area contributed by atoms with Gasteiger partial charge in [0.05, 0.1) is 6.54 Å². The SMILES string of the molecule is CCc1cccc(C)c1NC1=NCC(C(CC)CC)S1. The van der Waals surface area contributed by atoms with E-state index in [1.54, 1.807) is 0 Å². The summed E-state index contributed by atoms with van der Waals surface area (Å²) in [6, 6.07) is 6.50. The Balaban J connectivity index is 2.06. The molecule has 1 aliphatic heterocycles. The van der Waals surface area contributed by atoms with Crippen LogP contribution in [0.4, 0.5) is 5.69 Å². The van der Waals surface area contributed by atoms with Crippen molar-refractivity contribution < 1.29 is 0 Å². The van der Waals surface area contributed by atoms with E-state index < -0.39 is 0 Å². The standard InChI is InChI=1S/C17H26N2S/c1-5-13(6-2)15-11-18-17(20-15)19-16-12(4)9-8-10-14(16)7-3/h8-10,13,15H,5-7,11H2,1-4H3,(H,18,19). The maximum atomic E-state index is 4.71. The third-order valence-electron chi connectivity index (χ3n) is 4.22. The Morgan fingerprint density at radius 2 is 2.05 bits per heavy atom. The lowest BCUT2D eigenvalue weighted by Gasteiger charge is -2.19. The van der Waals surface area contributed by atoms with Crippen LogP contribution in [0.3, 0.4) is 0 Å². The van der Waals surface area contributed by atoms with Gasteiger partial charge in [0, 0.05) is 10.9 Å².